The van der Waals surface area contributed by atoms with Gasteiger partial charge in [0.2, 0.25) is 0 Å². The molecule has 0 aromatic heterocycles. The van der Waals surface area contributed by atoms with Crippen LogP contribution in [0.4, 0.5) is 0 Å². The Morgan fingerprint density at radius 2 is 0.466 bits per heavy atom. The van der Waals surface area contributed by atoms with E-state index in [0.29, 0.717) is 25.7 Å². The van der Waals surface area contributed by atoms with E-state index in [0.717, 1.165) is 120 Å². The van der Waals surface area contributed by atoms with Crippen LogP contribution in [0.15, 0.2) is 0 Å². The van der Waals surface area contributed by atoms with Gasteiger partial charge in [-0.1, -0.05) is 383 Å². The minimum absolute atomic E-state index is 0.107. The van der Waals surface area contributed by atoms with Crippen molar-refractivity contribution in [2.24, 2.45) is 23.7 Å². The highest BCUT2D eigenvalue weighted by Gasteiger charge is 2.30. The molecule has 0 saturated heterocycles. The average Bonchev–Trinajstić information content (AvgIpc) is 0.909. The van der Waals surface area contributed by atoms with Gasteiger partial charge in [-0.05, 0) is 49.4 Å². The van der Waals surface area contributed by atoms with Crippen molar-refractivity contribution in [2.75, 3.05) is 39.6 Å². The molecule has 103 heavy (non-hydrogen) atoms. The third-order valence-corrected chi connectivity index (χ3v) is 22.2. The van der Waals surface area contributed by atoms with Crippen LogP contribution in [-0.2, 0) is 65.4 Å². The van der Waals surface area contributed by atoms with Gasteiger partial charge in [0.25, 0.3) is 0 Å². The highest BCUT2D eigenvalue weighted by Crippen LogP contribution is 2.45. The molecule has 0 aliphatic carbocycles. The van der Waals surface area contributed by atoms with Gasteiger partial charge in [0.15, 0.2) is 12.2 Å². The fraction of sp³-hybridized carbons (Fsp3) is 0.952. The fourth-order valence-corrected chi connectivity index (χ4v) is 14.5. The van der Waals surface area contributed by atoms with Crippen LogP contribution in [0.2, 0.25) is 0 Å². The minimum Gasteiger partial charge on any atom is -0.462 e. The standard InChI is InChI=1S/C84H164O17P2/c1-9-76(7)62-54-46-38-32-28-29-33-39-48-56-64-81(86)94-70-79(100-83(88)66-59-51-41-35-27-23-19-15-17-21-25-31-37-45-53-61-75(5)6)72-98-102(90,91)96-68-78(85)69-97-103(92,93)99-73-80(71-95-82(87)65-57-49-43-42-47-55-63-77(8)10-2)101-84(89)67-58-50-40-34-26-22-18-14-12-11-13-16-20-24-30-36-44-52-60-74(3)4/h74-80,85H,9-73H2,1-8H3,(H,90,91)(H,92,93)/t76?,77?,78-,79-,80-/m1/s1. The van der Waals surface area contributed by atoms with Gasteiger partial charge in [-0.15, -0.1) is 0 Å². The van der Waals surface area contributed by atoms with Gasteiger partial charge in [-0.2, -0.15) is 0 Å². The van der Waals surface area contributed by atoms with Crippen molar-refractivity contribution in [1.29, 1.82) is 0 Å². The summed E-state index contributed by atoms with van der Waals surface area (Å²) >= 11 is 0. The number of aliphatic hydroxyl groups excluding tert-OH is 1. The highest BCUT2D eigenvalue weighted by molar-refractivity contribution is 7.47. The van der Waals surface area contributed by atoms with Crippen molar-refractivity contribution < 1.29 is 80.2 Å². The van der Waals surface area contributed by atoms with E-state index in [4.69, 9.17) is 37.0 Å². The molecule has 612 valence electrons. The molecule has 0 fully saturated rings. The molecular formula is C84H164O17P2. The van der Waals surface area contributed by atoms with Crippen molar-refractivity contribution in [2.45, 2.75) is 453 Å². The van der Waals surface area contributed by atoms with Gasteiger partial charge in [-0.25, -0.2) is 9.13 Å². The molecule has 19 heteroatoms. The first-order valence-electron chi connectivity index (χ1n) is 43.3. The fourth-order valence-electron chi connectivity index (χ4n) is 12.9. The first-order chi connectivity index (χ1) is 49.7. The van der Waals surface area contributed by atoms with E-state index < -0.39 is 97.5 Å². The number of hydrogen-bond donors (Lipinski definition) is 3. The van der Waals surface area contributed by atoms with E-state index in [1.807, 2.05) is 0 Å². The maximum atomic E-state index is 13.1. The molecule has 0 spiro atoms. The molecule has 0 aromatic rings. The molecule has 0 aliphatic rings. The normalized spacial score (nSPS) is 14.5. The number of ether oxygens (including phenoxy) is 4. The Balaban J connectivity index is 5.22. The second kappa shape index (κ2) is 72.9. The van der Waals surface area contributed by atoms with Crippen LogP contribution >= 0.6 is 15.6 Å². The Morgan fingerprint density at radius 3 is 0.689 bits per heavy atom. The van der Waals surface area contributed by atoms with Crippen LogP contribution in [0, 0.1) is 23.7 Å². The van der Waals surface area contributed by atoms with Crippen LogP contribution in [0.1, 0.15) is 434 Å². The first-order valence-corrected chi connectivity index (χ1v) is 46.3. The monoisotopic (exact) mass is 1510 g/mol. The number of aliphatic hydroxyl groups is 1. The molecule has 0 aliphatic heterocycles. The van der Waals surface area contributed by atoms with Crippen LogP contribution in [0.25, 0.3) is 0 Å². The maximum Gasteiger partial charge on any atom is 0.472 e. The average molecular weight is 1510 g/mol. The molecular weight excluding hydrogens is 1340 g/mol. The van der Waals surface area contributed by atoms with E-state index in [1.54, 1.807) is 0 Å². The molecule has 7 atom stereocenters. The quantitative estimate of drug-likeness (QED) is 0.0222. The van der Waals surface area contributed by atoms with Crippen LogP contribution in [0.5, 0.6) is 0 Å². The zero-order chi connectivity index (χ0) is 76.0. The molecule has 17 nitrogen and oxygen atoms in total. The summed E-state index contributed by atoms with van der Waals surface area (Å²) in [5.74, 6) is 1.05. The first kappa shape index (κ1) is 101. The summed E-state index contributed by atoms with van der Waals surface area (Å²) in [5.41, 5.74) is 0. The van der Waals surface area contributed by atoms with Crippen molar-refractivity contribution in [3.05, 3.63) is 0 Å². The van der Waals surface area contributed by atoms with Gasteiger partial charge in [0.05, 0.1) is 26.4 Å². The Labute approximate surface area is 632 Å². The number of carbonyl (C=O) groups is 4. The Bertz CT molecular complexity index is 2010. The van der Waals surface area contributed by atoms with E-state index in [9.17, 15) is 43.2 Å². The van der Waals surface area contributed by atoms with Crippen molar-refractivity contribution in [3.63, 3.8) is 0 Å². The summed E-state index contributed by atoms with van der Waals surface area (Å²) in [5, 5.41) is 10.7. The second-order valence-corrected chi connectivity index (χ2v) is 34.6. The number of phosphoric ester groups is 2. The summed E-state index contributed by atoms with van der Waals surface area (Å²) in [4.78, 5) is 73.1. The van der Waals surface area contributed by atoms with E-state index in [1.165, 1.54) is 231 Å². The zero-order valence-electron chi connectivity index (χ0n) is 68.0. The summed E-state index contributed by atoms with van der Waals surface area (Å²) < 4.78 is 68.8. The molecule has 0 aromatic carbocycles. The van der Waals surface area contributed by atoms with Crippen molar-refractivity contribution >= 4 is 39.5 Å². The van der Waals surface area contributed by atoms with E-state index in [2.05, 4.69) is 55.4 Å². The lowest BCUT2D eigenvalue weighted by atomic mass is 9.99. The summed E-state index contributed by atoms with van der Waals surface area (Å²) in [6.45, 7) is 14.3. The number of phosphoric acid groups is 2. The lowest BCUT2D eigenvalue weighted by molar-refractivity contribution is -0.161. The Morgan fingerprint density at radius 1 is 0.272 bits per heavy atom. The highest BCUT2D eigenvalue weighted by atomic mass is 31.2. The summed E-state index contributed by atoms with van der Waals surface area (Å²) in [6.07, 6.45) is 61.1. The van der Waals surface area contributed by atoms with E-state index >= 15 is 0 Å². The molecule has 4 unspecified atom stereocenters. The number of hydrogen-bond acceptors (Lipinski definition) is 15. The predicted molar refractivity (Wildman–Crippen MR) is 423 cm³/mol. The zero-order valence-corrected chi connectivity index (χ0v) is 69.7. The SMILES string of the molecule is CCC(C)CCCCCCCCCCCCC(=O)OC[C@H](COP(=O)(O)OC[C@@H](O)COP(=O)(O)OC[C@@H](COC(=O)CCCCCCCCC(C)CC)OC(=O)CCCCCCCCCCCCCCCCCCCCC(C)C)OC(=O)CCCCCCCCCCCCCCCCCC(C)C. The minimum atomic E-state index is -4.96. The third kappa shape index (κ3) is 75.3. The largest absolute Gasteiger partial charge is 0.472 e. The smallest absolute Gasteiger partial charge is 0.462 e. The number of carbonyl (C=O) groups excluding carboxylic acids is 4. The molecule has 0 radical (unpaired) electrons. The molecule has 0 saturated carbocycles. The Kier molecular flexibility index (Phi) is 71.5. The van der Waals surface area contributed by atoms with E-state index in [-0.39, 0.29) is 25.7 Å². The maximum absolute atomic E-state index is 13.1. The third-order valence-electron chi connectivity index (χ3n) is 20.3. The van der Waals surface area contributed by atoms with Gasteiger partial charge >= 0.3 is 39.5 Å². The van der Waals surface area contributed by atoms with Gasteiger partial charge < -0.3 is 33.8 Å². The molecule has 0 rings (SSSR count). The molecule has 3 N–H and O–H groups in total. The van der Waals surface area contributed by atoms with Gasteiger partial charge in [-0.3, -0.25) is 37.3 Å². The van der Waals surface area contributed by atoms with Crippen LogP contribution < -0.4 is 0 Å². The number of rotatable bonds is 81. The summed E-state index contributed by atoms with van der Waals surface area (Å²) in [7, 11) is -9.93. The second-order valence-electron chi connectivity index (χ2n) is 31.7. The summed E-state index contributed by atoms with van der Waals surface area (Å²) in [6, 6.07) is 0. The number of unbranched alkanes of at least 4 members (excludes halogenated alkanes) is 45. The lowest BCUT2D eigenvalue weighted by Crippen LogP contribution is -2.30. The van der Waals surface area contributed by atoms with Gasteiger partial charge in [0, 0.05) is 25.7 Å². The molecule has 0 amide bonds. The van der Waals surface area contributed by atoms with Gasteiger partial charge in [0.1, 0.15) is 19.3 Å². The van der Waals surface area contributed by atoms with Crippen LogP contribution in [0.3, 0.4) is 0 Å². The van der Waals surface area contributed by atoms with Crippen molar-refractivity contribution in [3.8, 4) is 0 Å². The predicted octanol–water partition coefficient (Wildman–Crippen LogP) is 25.2. The number of esters is 4. The molecule has 0 bridgehead atoms. The molecule has 0 heterocycles. The van der Waals surface area contributed by atoms with Crippen molar-refractivity contribution in [1.82, 2.24) is 0 Å². The lowest BCUT2D eigenvalue weighted by Gasteiger charge is -2.21. The topological polar surface area (TPSA) is 237 Å². The van der Waals surface area contributed by atoms with Crippen LogP contribution in [-0.4, -0.2) is 96.7 Å². The Hall–Kier alpha value is -1.94.